The zero-order chi connectivity index (χ0) is 13.0. The van der Waals surface area contributed by atoms with Crippen molar-refractivity contribution in [3.05, 3.63) is 29.6 Å². The smallest absolute Gasteiger partial charge is 0.165 e. The molecule has 0 aliphatic carbocycles. The van der Waals surface area contributed by atoms with Gasteiger partial charge in [-0.3, -0.25) is 9.29 Å². The second-order valence-corrected chi connectivity index (χ2v) is 4.46. The molecule has 100 valence electrons. The second-order valence-electron chi connectivity index (χ2n) is 4.46. The van der Waals surface area contributed by atoms with E-state index in [-0.39, 0.29) is 18.2 Å². The molecule has 2 N–H and O–H groups in total. The molecule has 1 aromatic rings. The molecular weight excluding hydrogens is 238 g/mol. The van der Waals surface area contributed by atoms with E-state index in [1.54, 1.807) is 12.1 Å². The molecule has 0 spiro atoms. The van der Waals surface area contributed by atoms with E-state index >= 15 is 0 Å². The summed E-state index contributed by atoms with van der Waals surface area (Å²) in [6.45, 7) is 2.74. The minimum Gasteiger partial charge on any atom is -0.505 e. The Morgan fingerprint density at radius 2 is 2.06 bits per heavy atom. The maximum absolute atomic E-state index is 13.4. The summed E-state index contributed by atoms with van der Waals surface area (Å²) in [7, 11) is 0. The fourth-order valence-electron chi connectivity index (χ4n) is 2.43. The molecule has 1 aliphatic heterocycles. The van der Waals surface area contributed by atoms with Crippen LogP contribution in [0.2, 0.25) is 0 Å². The highest BCUT2D eigenvalue weighted by Gasteiger charge is 2.25. The Hall–Kier alpha value is -1.20. The van der Waals surface area contributed by atoms with Crippen LogP contribution >= 0.6 is 0 Å². The molecular formula is C13H18F2N2O. The van der Waals surface area contributed by atoms with Gasteiger partial charge < -0.3 is 10.4 Å². The number of halogens is 2. The van der Waals surface area contributed by atoms with Crippen molar-refractivity contribution in [2.45, 2.75) is 12.5 Å². The van der Waals surface area contributed by atoms with Crippen LogP contribution in [-0.2, 0) is 0 Å². The topological polar surface area (TPSA) is 35.5 Å². The predicted molar refractivity (Wildman–Crippen MR) is 65.8 cm³/mol. The van der Waals surface area contributed by atoms with Crippen molar-refractivity contribution in [3.63, 3.8) is 0 Å². The summed E-state index contributed by atoms with van der Waals surface area (Å²) in [5, 5.41) is 13.0. The predicted octanol–water partition coefficient (Wildman–Crippen LogP) is 1.84. The lowest BCUT2D eigenvalue weighted by Crippen LogP contribution is -2.45. The molecule has 18 heavy (non-hydrogen) atoms. The standard InChI is InChI=1S/C13H18F2N2O/c14-5-4-12(17-8-6-16-7-9-17)10-2-1-3-11(15)13(10)18/h1-3,12,16,18H,4-9H2/t12-/m1/s1. The lowest BCUT2D eigenvalue weighted by Gasteiger charge is -2.35. The summed E-state index contributed by atoms with van der Waals surface area (Å²) in [5.41, 5.74) is 0.481. The molecule has 0 bridgehead atoms. The molecule has 0 radical (unpaired) electrons. The van der Waals surface area contributed by atoms with E-state index in [0.29, 0.717) is 5.56 Å². The van der Waals surface area contributed by atoms with Crippen LogP contribution in [0.25, 0.3) is 0 Å². The molecule has 1 atom stereocenters. The van der Waals surface area contributed by atoms with Crippen molar-refractivity contribution < 1.29 is 13.9 Å². The third-order valence-electron chi connectivity index (χ3n) is 3.35. The van der Waals surface area contributed by atoms with Crippen LogP contribution in [0.1, 0.15) is 18.0 Å². The molecule has 1 fully saturated rings. The Bertz CT molecular complexity index is 395. The van der Waals surface area contributed by atoms with Crippen LogP contribution in [0.5, 0.6) is 5.75 Å². The Labute approximate surface area is 105 Å². The zero-order valence-corrected chi connectivity index (χ0v) is 10.2. The second kappa shape index (κ2) is 6.11. The van der Waals surface area contributed by atoms with Gasteiger partial charge in [0.25, 0.3) is 0 Å². The lowest BCUT2D eigenvalue weighted by molar-refractivity contribution is 0.154. The number of piperazine rings is 1. The van der Waals surface area contributed by atoms with Gasteiger partial charge in [-0.05, 0) is 12.5 Å². The molecule has 1 heterocycles. The van der Waals surface area contributed by atoms with Gasteiger partial charge in [0.1, 0.15) is 0 Å². The number of para-hydroxylation sites is 1. The van der Waals surface area contributed by atoms with Crippen molar-refractivity contribution in [3.8, 4) is 5.75 Å². The number of nitrogens with one attached hydrogen (secondary N) is 1. The number of benzene rings is 1. The van der Waals surface area contributed by atoms with Crippen molar-refractivity contribution in [1.29, 1.82) is 0 Å². The highest BCUT2D eigenvalue weighted by Crippen LogP contribution is 2.33. The lowest BCUT2D eigenvalue weighted by atomic mass is 10.0. The van der Waals surface area contributed by atoms with E-state index in [2.05, 4.69) is 10.2 Å². The summed E-state index contributed by atoms with van der Waals surface area (Å²) in [5.74, 6) is -0.999. The van der Waals surface area contributed by atoms with Gasteiger partial charge in [0.15, 0.2) is 11.6 Å². The molecule has 0 amide bonds. The van der Waals surface area contributed by atoms with E-state index < -0.39 is 12.5 Å². The first-order chi connectivity index (χ1) is 8.74. The molecule has 1 aromatic carbocycles. The van der Waals surface area contributed by atoms with Crippen LogP contribution in [0.3, 0.4) is 0 Å². The maximum atomic E-state index is 13.4. The van der Waals surface area contributed by atoms with Gasteiger partial charge in [0.05, 0.1) is 6.67 Å². The summed E-state index contributed by atoms with van der Waals surface area (Å²) < 4.78 is 26.1. The van der Waals surface area contributed by atoms with E-state index in [4.69, 9.17) is 0 Å². The van der Waals surface area contributed by atoms with Gasteiger partial charge in [-0.15, -0.1) is 0 Å². The van der Waals surface area contributed by atoms with Crippen LogP contribution in [0.15, 0.2) is 18.2 Å². The molecule has 0 saturated carbocycles. The van der Waals surface area contributed by atoms with E-state index in [1.165, 1.54) is 6.07 Å². The third kappa shape index (κ3) is 2.79. The van der Waals surface area contributed by atoms with Gasteiger partial charge in [-0.2, -0.15) is 0 Å². The van der Waals surface area contributed by atoms with Crippen LogP contribution in [0, 0.1) is 5.82 Å². The third-order valence-corrected chi connectivity index (χ3v) is 3.35. The summed E-state index contributed by atoms with van der Waals surface area (Å²) in [6, 6.07) is 4.18. The molecule has 1 aliphatic rings. The normalized spacial score (nSPS) is 18.8. The number of rotatable bonds is 4. The Morgan fingerprint density at radius 1 is 1.33 bits per heavy atom. The summed E-state index contributed by atoms with van der Waals surface area (Å²) in [4.78, 5) is 2.09. The summed E-state index contributed by atoms with van der Waals surface area (Å²) >= 11 is 0. The highest BCUT2D eigenvalue weighted by atomic mass is 19.1. The number of phenolic OH excluding ortho intramolecular Hbond substituents is 1. The average Bonchev–Trinajstić information content (AvgIpc) is 2.41. The first-order valence-electron chi connectivity index (χ1n) is 6.22. The quantitative estimate of drug-likeness (QED) is 0.863. The number of aromatic hydroxyl groups is 1. The van der Waals surface area contributed by atoms with Gasteiger partial charge in [0, 0.05) is 37.8 Å². The van der Waals surface area contributed by atoms with Gasteiger partial charge in [-0.1, -0.05) is 12.1 Å². The maximum Gasteiger partial charge on any atom is 0.165 e. The van der Waals surface area contributed by atoms with Gasteiger partial charge in [-0.25, -0.2) is 4.39 Å². The van der Waals surface area contributed by atoms with E-state index in [1.807, 2.05) is 0 Å². The zero-order valence-electron chi connectivity index (χ0n) is 10.2. The van der Waals surface area contributed by atoms with Crippen LogP contribution < -0.4 is 5.32 Å². The van der Waals surface area contributed by atoms with E-state index in [9.17, 15) is 13.9 Å². The van der Waals surface area contributed by atoms with Crippen molar-refractivity contribution in [2.75, 3.05) is 32.9 Å². The number of phenols is 1. The fourth-order valence-corrected chi connectivity index (χ4v) is 2.43. The van der Waals surface area contributed by atoms with Crippen molar-refractivity contribution in [2.24, 2.45) is 0 Å². The molecule has 0 unspecified atom stereocenters. The number of alkyl halides is 1. The molecule has 0 aromatic heterocycles. The summed E-state index contributed by atoms with van der Waals surface area (Å²) in [6.07, 6.45) is 0.275. The highest BCUT2D eigenvalue weighted by molar-refractivity contribution is 5.36. The first kappa shape index (κ1) is 13.2. The number of nitrogens with zero attached hydrogens (tertiary/aromatic N) is 1. The van der Waals surface area contributed by atoms with E-state index in [0.717, 1.165) is 26.2 Å². The largest absolute Gasteiger partial charge is 0.505 e. The monoisotopic (exact) mass is 256 g/mol. The Kier molecular flexibility index (Phi) is 4.49. The van der Waals surface area contributed by atoms with Crippen LogP contribution in [-0.4, -0.2) is 42.9 Å². The molecule has 3 nitrogen and oxygen atoms in total. The molecule has 1 saturated heterocycles. The fraction of sp³-hybridized carbons (Fsp3) is 0.538. The van der Waals surface area contributed by atoms with Gasteiger partial charge in [0.2, 0.25) is 0 Å². The van der Waals surface area contributed by atoms with Crippen molar-refractivity contribution >= 4 is 0 Å². The van der Waals surface area contributed by atoms with Crippen LogP contribution in [0.4, 0.5) is 8.78 Å². The Balaban J connectivity index is 2.25. The minimum absolute atomic E-state index is 0.257. The first-order valence-corrected chi connectivity index (χ1v) is 6.22. The van der Waals surface area contributed by atoms with Gasteiger partial charge >= 0.3 is 0 Å². The Morgan fingerprint density at radius 3 is 2.72 bits per heavy atom. The SMILES string of the molecule is Oc1c(F)cccc1[C@@H](CCF)N1CCNCC1. The number of hydrogen-bond donors (Lipinski definition) is 2. The van der Waals surface area contributed by atoms with Crippen molar-refractivity contribution in [1.82, 2.24) is 10.2 Å². The average molecular weight is 256 g/mol. The number of hydrogen-bond acceptors (Lipinski definition) is 3. The molecule has 2 rings (SSSR count). The molecule has 5 heteroatoms. The minimum atomic E-state index is -0.647.